The zero-order valence-electron chi connectivity index (χ0n) is 15.4. The molecule has 11 nitrogen and oxygen atoms in total. The van der Waals surface area contributed by atoms with Crippen LogP contribution >= 0.6 is 11.6 Å². The van der Waals surface area contributed by atoms with Crippen LogP contribution < -0.4 is 16.4 Å². The monoisotopic (exact) mass is 412 g/mol. The van der Waals surface area contributed by atoms with Gasteiger partial charge in [0.25, 0.3) is 0 Å². The molecular formula is C17H17ClN10O. The van der Waals surface area contributed by atoms with E-state index in [-0.39, 0.29) is 6.03 Å². The molecule has 0 saturated carbocycles. The van der Waals surface area contributed by atoms with Crippen LogP contribution in [0.25, 0.3) is 17.0 Å². The number of nitrogen functional groups attached to an aromatic ring is 1. The number of rotatable bonds is 5. The third-order valence-electron chi connectivity index (χ3n) is 3.91. The molecule has 0 aliphatic heterocycles. The van der Waals surface area contributed by atoms with Crippen LogP contribution in [-0.2, 0) is 0 Å². The van der Waals surface area contributed by atoms with Crippen LogP contribution in [0.4, 0.5) is 22.2 Å². The lowest BCUT2D eigenvalue weighted by Crippen LogP contribution is -2.30. The summed E-state index contributed by atoms with van der Waals surface area (Å²) in [4.78, 5) is 25.2. The number of anilines is 3. The van der Waals surface area contributed by atoms with Crippen LogP contribution in [0.3, 0.4) is 0 Å². The summed E-state index contributed by atoms with van der Waals surface area (Å²) < 4.78 is 2.82. The molecule has 0 aliphatic rings. The second-order valence-electron chi connectivity index (χ2n) is 6.02. The van der Waals surface area contributed by atoms with E-state index < -0.39 is 0 Å². The van der Waals surface area contributed by atoms with Gasteiger partial charge in [0, 0.05) is 37.0 Å². The van der Waals surface area contributed by atoms with Crippen molar-refractivity contribution >= 4 is 40.7 Å². The van der Waals surface area contributed by atoms with Gasteiger partial charge in [-0.2, -0.15) is 9.78 Å². The predicted molar refractivity (Wildman–Crippen MR) is 108 cm³/mol. The molecule has 4 N–H and O–H groups in total. The van der Waals surface area contributed by atoms with Gasteiger partial charge in [-0.3, -0.25) is 0 Å². The maximum absolute atomic E-state index is 12.0. The Kier molecular flexibility index (Phi) is 4.96. The molecule has 0 spiro atoms. The highest BCUT2D eigenvalue weighted by Gasteiger charge is 2.19. The van der Waals surface area contributed by atoms with E-state index in [1.807, 2.05) is 6.07 Å². The first-order chi connectivity index (χ1) is 14.0. The first kappa shape index (κ1) is 18.6. The van der Waals surface area contributed by atoms with Gasteiger partial charge in [-0.15, -0.1) is 16.7 Å². The highest BCUT2D eigenvalue weighted by Crippen LogP contribution is 2.29. The van der Waals surface area contributed by atoms with Crippen molar-refractivity contribution in [3.05, 3.63) is 42.5 Å². The number of aryl methyl sites for hydroxylation is 1. The molecule has 29 heavy (non-hydrogen) atoms. The standard InChI is InChI=1S/C17H17ClN10O/c1-10-22-11(9-12(19)23-10)15-16(25-14-3-2-6-21-28(14)15)24-13-4-8-27(26-13)17(29)20-7-5-18/h2-4,6,8-9H,5,7H2,1H3,(H,20,29)(H,24,26)(H2,19,22,23). The summed E-state index contributed by atoms with van der Waals surface area (Å²) in [7, 11) is 0. The normalized spacial score (nSPS) is 11.0. The smallest absolute Gasteiger partial charge is 0.342 e. The first-order valence-electron chi connectivity index (χ1n) is 8.67. The van der Waals surface area contributed by atoms with E-state index in [0.717, 1.165) is 0 Å². The number of amides is 1. The Hall–Kier alpha value is -3.73. The fraction of sp³-hybridized carbons (Fsp3) is 0.176. The number of fused-ring (bicyclic) bond motifs is 1. The molecule has 0 aromatic carbocycles. The second-order valence-corrected chi connectivity index (χ2v) is 6.40. The van der Waals surface area contributed by atoms with Gasteiger partial charge >= 0.3 is 6.03 Å². The van der Waals surface area contributed by atoms with Crippen molar-refractivity contribution in [1.29, 1.82) is 0 Å². The van der Waals surface area contributed by atoms with Crippen molar-refractivity contribution in [2.75, 3.05) is 23.5 Å². The Morgan fingerprint density at radius 2 is 2.14 bits per heavy atom. The number of halogens is 1. The number of nitrogens with one attached hydrogen (secondary N) is 2. The summed E-state index contributed by atoms with van der Waals surface area (Å²) in [5, 5.41) is 14.3. The fourth-order valence-corrected chi connectivity index (χ4v) is 2.87. The van der Waals surface area contributed by atoms with Crippen molar-refractivity contribution in [3.8, 4) is 11.4 Å². The molecular weight excluding hydrogens is 396 g/mol. The lowest BCUT2D eigenvalue weighted by Gasteiger charge is -2.06. The SMILES string of the molecule is Cc1nc(N)cc(-c2c(Nc3ccn(C(=O)NCCCl)n3)nc3cccnn23)n1. The zero-order valence-corrected chi connectivity index (χ0v) is 16.1. The van der Waals surface area contributed by atoms with Crippen LogP contribution in [0.2, 0.25) is 0 Å². The highest BCUT2D eigenvalue weighted by molar-refractivity contribution is 6.18. The van der Waals surface area contributed by atoms with Gasteiger partial charge in [0.1, 0.15) is 17.3 Å². The number of aromatic nitrogens is 7. The topological polar surface area (TPSA) is 141 Å². The van der Waals surface area contributed by atoms with Crippen molar-refractivity contribution in [1.82, 2.24) is 39.7 Å². The minimum absolute atomic E-state index is 0.317. The van der Waals surface area contributed by atoms with Gasteiger partial charge in [-0.25, -0.2) is 24.3 Å². The van der Waals surface area contributed by atoms with Crippen molar-refractivity contribution in [2.45, 2.75) is 6.92 Å². The van der Waals surface area contributed by atoms with Crippen molar-refractivity contribution in [2.24, 2.45) is 0 Å². The van der Waals surface area contributed by atoms with E-state index in [1.165, 1.54) is 10.9 Å². The number of alkyl halides is 1. The maximum Gasteiger partial charge on any atom is 0.342 e. The van der Waals surface area contributed by atoms with Crippen molar-refractivity contribution in [3.63, 3.8) is 0 Å². The molecule has 0 saturated heterocycles. The van der Waals surface area contributed by atoms with Gasteiger partial charge < -0.3 is 16.4 Å². The third kappa shape index (κ3) is 3.80. The Balaban J connectivity index is 1.73. The van der Waals surface area contributed by atoms with E-state index in [0.29, 0.717) is 52.7 Å². The second kappa shape index (κ2) is 7.72. The Morgan fingerprint density at radius 3 is 2.93 bits per heavy atom. The maximum atomic E-state index is 12.0. The Morgan fingerprint density at radius 1 is 1.28 bits per heavy atom. The van der Waals surface area contributed by atoms with E-state index >= 15 is 0 Å². The van der Waals surface area contributed by atoms with Crippen molar-refractivity contribution < 1.29 is 4.79 Å². The Labute approximate surface area is 169 Å². The van der Waals surface area contributed by atoms with Crippen LogP contribution in [0.5, 0.6) is 0 Å². The summed E-state index contributed by atoms with van der Waals surface area (Å²) in [6.07, 6.45) is 3.18. The highest BCUT2D eigenvalue weighted by atomic mass is 35.5. The first-order valence-corrected chi connectivity index (χ1v) is 9.21. The van der Waals surface area contributed by atoms with Gasteiger partial charge in [0.05, 0.1) is 5.69 Å². The quantitative estimate of drug-likeness (QED) is 0.421. The van der Waals surface area contributed by atoms with E-state index in [4.69, 9.17) is 17.3 Å². The van der Waals surface area contributed by atoms with E-state index in [9.17, 15) is 4.79 Å². The molecule has 148 valence electrons. The lowest BCUT2D eigenvalue weighted by atomic mass is 10.3. The average molecular weight is 413 g/mol. The fourth-order valence-electron chi connectivity index (χ4n) is 2.78. The zero-order chi connectivity index (χ0) is 20.4. The molecule has 12 heteroatoms. The molecule has 0 unspecified atom stereocenters. The van der Waals surface area contributed by atoms with E-state index in [2.05, 4.69) is 35.8 Å². The van der Waals surface area contributed by atoms with Gasteiger partial charge in [-0.1, -0.05) is 0 Å². The predicted octanol–water partition coefficient (Wildman–Crippen LogP) is 1.81. The van der Waals surface area contributed by atoms with Gasteiger partial charge in [0.2, 0.25) is 0 Å². The molecule has 4 heterocycles. The summed E-state index contributed by atoms with van der Waals surface area (Å²) in [5.74, 6) is 2.07. The number of hydrogen-bond acceptors (Lipinski definition) is 8. The molecule has 0 atom stereocenters. The number of nitrogens with two attached hydrogens (primary N) is 1. The molecule has 4 aromatic rings. The lowest BCUT2D eigenvalue weighted by molar-refractivity contribution is 0.240. The van der Waals surface area contributed by atoms with E-state index in [1.54, 1.807) is 35.8 Å². The number of hydrogen-bond donors (Lipinski definition) is 3. The molecule has 0 bridgehead atoms. The summed E-state index contributed by atoms with van der Waals surface area (Å²) in [6.45, 7) is 2.10. The Bertz CT molecular complexity index is 1160. The summed E-state index contributed by atoms with van der Waals surface area (Å²) >= 11 is 5.59. The number of imidazole rings is 1. The molecule has 4 rings (SSSR count). The molecule has 1 amide bonds. The van der Waals surface area contributed by atoms with Crippen LogP contribution in [0.1, 0.15) is 5.82 Å². The van der Waals surface area contributed by atoms with Crippen LogP contribution in [0, 0.1) is 6.92 Å². The number of carbonyl (C=O) groups is 1. The molecule has 4 aromatic heterocycles. The average Bonchev–Trinajstić information content (AvgIpc) is 3.29. The minimum atomic E-state index is -0.380. The minimum Gasteiger partial charge on any atom is -0.384 e. The number of nitrogens with zero attached hydrogens (tertiary/aromatic N) is 7. The summed E-state index contributed by atoms with van der Waals surface area (Å²) in [5.41, 5.74) is 7.66. The van der Waals surface area contributed by atoms with Crippen LogP contribution in [-0.4, -0.2) is 52.8 Å². The van der Waals surface area contributed by atoms with Gasteiger partial charge in [0.15, 0.2) is 17.3 Å². The summed E-state index contributed by atoms with van der Waals surface area (Å²) in [6, 6.07) is 6.52. The van der Waals surface area contributed by atoms with Gasteiger partial charge in [-0.05, 0) is 19.1 Å². The van der Waals surface area contributed by atoms with Crippen LogP contribution in [0.15, 0.2) is 36.7 Å². The number of carbonyl (C=O) groups excluding carboxylic acids is 1. The third-order valence-corrected chi connectivity index (χ3v) is 4.10. The molecule has 0 aliphatic carbocycles. The molecule has 0 fully saturated rings. The largest absolute Gasteiger partial charge is 0.384 e. The molecule has 0 radical (unpaired) electrons.